The molecule has 0 spiro atoms. The second-order valence-corrected chi connectivity index (χ2v) is 8.91. The van der Waals surface area contributed by atoms with E-state index in [1.807, 2.05) is 12.3 Å². The summed E-state index contributed by atoms with van der Waals surface area (Å²) in [7, 11) is 0. The van der Waals surface area contributed by atoms with Crippen LogP contribution in [0.5, 0.6) is 0 Å². The van der Waals surface area contributed by atoms with Gasteiger partial charge in [0.15, 0.2) is 0 Å². The zero-order valence-electron chi connectivity index (χ0n) is 18.6. The molecule has 0 aliphatic carbocycles. The minimum atomic E-state index is 1.03. The van der Waals surface area contributed by atoms with Gasteiger partial charge >= 0.3 is 0 Å². The lowest BCUT2D eigenvalue weighted by Gasteiger charge is -2.10. The summed E-state index contributed by atoms with van der Waals surface area (Å²) in [6, 6.07) is 43.9. The zero-order valence-corrected chi connectivity index (χ0v) is 18.6. The molecule has 6 aromatic carbocycles. The van der Waals surface area contributed by atoms with Gasteiger partial charge in [-0.25, -0.2) is 0 Å². The fraction of sp³-hybridized carbons (Fsp3) is 0. The van der Waals surface area contributed by atoms with Crippen LogP contribution in [-0.4, -0.2) is 4.98 Å². The SMILES string of the molecule is c1cnc2cc(-c3ccc4ccc(-c5ccc6ccc7ccccc7c6c5)cc4c3)ccc2c1. The molecule has 0 unspecified atom stereocenters. The van der Waals surface area contributed by atoms with Gasteiger partial charge in [0, 0.05) is 11.6 Å². The van der Waals surface area contributed by atoms with Gasteiger partial charge in [-0.05, 0) is 84.9 Å². The van der Waals surface area contributed by atoms with Crippen molar-refractivity contribution in [2.24, 2.45) is 0 Å². The van der Waals surface area contributed by atoms with Crippen LogP contribution in [-0.2, 0) is 0 Å². The van der Waals surface area contributed by atoms with E-state index < -0.39 is 0 Å². The van der Waals surface area contributed by atoms with Gasteiger partial charge in [0.05, 0.1) is 5.52 Å². The molecule has 0 atom stereocenters. The Kier molecular flexibility index (Phi) is 4.22. The third-order valence-corrected chi connectivity index (χ3v) is 6.86. The Bertz CT molecular complexity index is 1860. The first-order chi connectivity index (χ1) is 16.8. The van der Waals surface area contributed by atoms with Gasteiger partial charge in [-0.1, -0.05) is 91.0 Å². The topological polar surface area (TPSA) is 12.9 Å². The molecule has 1 heterocycles. The third-order valence-electron chi connectivity index (χ3n) is 6.86. The predicted molar refractivity (Wildman–Crippen MR) is 145 cm³/mol. The van der Waals surface area contributed by atoms with Gasteiger partial charge in [0.1, 0.15) is 0 Å². The van der Waals surface area contributed by atoms with Gasteiger partial charge in [-0.3, -0.25) is 4.98 Å². The van der Waals surface area contributed by atoms with Gasteiger partial charge in [-0.2, -0.15) is 0 Å². The van der Waals surface area contributed by atoms with Crippen molar-refractivity contribution >= 4 is 43.2 Å². The molecule has 0 bridgehead atoms. The van der Waals surface area contributed by atoms with E-state index in [-0.39, 0.29) is 0 Å². The monoisotopic (exact) mass is 431 g/mol. The van der Waals surface area contributed by atoms with E-state index in [0.717, 1.165) is 10.9 Å². The summed E-state index contributed by atoms with van der Waals surface area (Å²) in [6.45, 7) is 0. The molecule has 0 fully saturated rings. The maximum Gasteiger partial charge on any atom is 0.0708 e. The first kappa shape index (κ1) is 19.0. The Balaban J connectivity index is 1.36. The normalized spacial score (nSPS) is 11.5. The Morgan fingerprint density at radius 3 is 1.71 bits per heavy atom. The molecular weight excluding hydrogens is 410 g/mol. The fourth-order valence-electron chi connectivity index (χ4n) is 5.03. The summed E-state index contributed by atoms with van der Waals surface area (Å²) in [5.74, 6) is 0. The van der Waals surface area contributed by atoms with Crippen molar-refractivity contribution in [1.29, 1.82) is 0 Å². The van der Waals surface area contributed by atoms with E-state index in [1.165, 1.54) is 54.6 Å². The summed E-state index contributed by atoms with van der Waals surface area (Å²) in [4.78, 5) is 4.53. The smallest absolute Gasteiger partial charge is 0.0708 e. The molecule has 7 rings (SSSR count). The molecule has 0 amide bonds. The quantitative estimate of drug-likeness (QED) is 0.249. The summed E-state index contributed by atoms with van der Waals surface area (Å²) >= 11 is 0. The van der Waals surface area contributed by atoms with Crippen molar-refractivity contribution in [2.75, 3.05) is 0 Å². The largest absolute Gasteiger partial charge is 0.256 e. The van der Waals surface area contributed by atoms with E-state index in [4.69, 9.17) is 0 Å². The molecule has 0 N–H and O–H groups in total. The molecule has 0 radical (unpaired) electrons. The lowest BCUT2D eigenvalue weighted by Crippen LogP contribution is -1.84. The number of pyridine rings is 1. The summed E-state index contributed by atoms with van der Waals surface area (Å²) < 4.78 is 0. The molecule has 34 heavy (non-hydrogen) atoms. The van der Waals surface area contributed by atoms with Crippen LogP contribution in [0, 0.1) is 0 Å². The van der Waals surface area contributed by atoms with Crippen molar-refractivity contribution in [3.8, 4) is 22.3 Å². The Morgan fingerprint density at radius 2 is 0.912 bits per heavy atom. The van der Waals surface area contributed by atoms with Crippen LogP contribution >= 0.6 is 0 Å². The molecule has 1 aromatic heterocycles. The predicted octanol–water partition coefficient (Wildman–Crippen LogP) is 9.03. The van der Waals surface area contributed by atoms with E-state index in [9.17, 15) is 0 Å². The molecule has 1 heteroatoms. The zero-order chi connectivity index (χ0) is 22.5. The number of hydrogen-bond acceptors (Lipinski definition) is 1. The highest BCUT2D eigenvalue weighted by Crippen LogP contribution is 2.33. The maximum atomic E-state index is 4.53. The van der Waals surface area contributed by atoms with E-state index in [2.05, 4.69) is 120 Å². The van der Waals surface area contributed by atoms with Gasteiger partial charge < -0.3 is 0 Å². The van der Waals surface area contributed by atoms with Crippen molar-refractivity contribution < 1.29 is 0 Å². The second kappa shape index (κ2) is 7.54. The summed E-state index contributed by atoms with van der Waals surface area (Å²) in [6.07, 6.45) is 1.85. The average molecular weight is 432 g/mol. The first-order valence-electron chi connectivity index (χ1n) is 11.6. The Morgan fingerprint density at radius 1 is 0.353 bits per heavy atom. The number of nitrogens with zero attached hydrogens (tertiary/aromatic N) is 1. The lowest BCUT2D eigenvalue weighted by atomic mass is 9.95. The van der Waals surface area contributed by atoms with E-state index in [1.54, 1.807) is 0 Å². The van der Waals surface area contributed by atoms with Crippen molar-refractivity contribution in [3.05, 3.63) is 128 Å². The third kappa shape index (κ3) is 3.14. The second-order valence-electron chi connectivity index (χ2n) is 8.91. The molecule has 0 saturated carbocycles. The molecule has 0 aliphatic heterocycles. The maximum absolute atomic E-state index is 4.53. The number of fused-ring (bicyclic) bond motifs is 5. The first-order valence-corrected chi connectivity index (χ1v) is 11.6. The van der Waals surface area contributed by atoms with Gasteiger partial charge in [0.2, 0.25) is 0 Å². The molecule has 158 valence electrons. The summed E-state index contributed by atoms with van der Waals surface area (Å²) in [5, 5.41) is 8.81. The molecule has 7 aromatic rings. The summed E-state index contributed by atoms with van der Waals surface area (Å²) in [5.41, 5.74) is 5.90. The molecule has 0 aliphatic rings. The number of benzene rings is 6. The van der Waals surface area contributed by atoms with Gasteiger partial charge in [-0.15, -0.1) is 0 Å². The number of aromatic nitrogens is 1. The van der Waals surface area contributed by atoms with Crippen LogP contribution in [0.15, 0.2) is 128 Å². The Hall–Kier alpha value is -4.49. The van der Waals surface area contributed by atoms with Crippen LogP contribution < -0.4 is 0 Å². The average Bonchev–Trinajstić information content (AvgIpc) is 2.92. The molecular formula is C33H21N. The Labute approximate surface area is 197 Å². The minimum absolute atomic E-state index is 1.03. The van der Waals surface area contributed by atoms with Crippen LogP contribution in [0.25, 0.3) is 65.5 Å². The molecule has 1 nitrogen and oxygen atoms in total. The van der Waals surface area contributed by atoms with Crippen LogP contribution in [0.2, 0.25) is 0 Å². The van der Waals surface area contributed by atoms with Gasteiger partial charge in [0.25, 0.3) is 0 Å². The van der Waals surface area contributed by atoms with Crippen molar-refractivity contribution in [2.45, 2.75) is 0 Å². The highest BCUT2D eigenvalue weighted by Gasteiger charge is 2.07. The van der Waals surface area contributed by atoms with E-state index in [0.29, 0.717) is 0 Å². The van der Waals surface area contributed by atoms with E-state index >= 15 is 0 Å². The van der Waals surface area contributed by atoms with Crippen molar-refractivity contribution in [3.63, 3.8) is 0 Å². The highest BCUT2D eigenvalue weighted by atomic mass is 14.6. The van der Waals surface area contributed by atoms with Crippen LogP contribution in [0.4, 0.5) is 0 Å². The highest BCUT2D eigenvalue weighted by molar-refractivity contribution is 6.09. The minimum Gasteiger partial charge on any atom is -0.256 e. The lowest BCUT2D eigenvalue weighted by molar-refractivity contribution is 1.41. The number of rotatable bonds is 2. The number of hydrogen-bond donors (Lipinski definition) is 0. The fourth-order valence-corrected chi connectivity index (χ4v) is 5.03. The standard InChI is InChI=1S/C33H21N/c1-2-6-31-23(4-1)9-10-24-11-15-28(20-32(24)31)26-13-7-22-8-14-27(19-30(22)18-26)29-16-12-25-5-3-17-34-33(25)21-29/h1-21H. The van der Waals surface area contributed by atoms with Crippen LogP contribution in [0.3, 0.4) is 0 Å². The van der Waals surface area contributed by atoms with Crippen LogP contribution in [0.1, 0.15) is 0 Å². The van der Waals surface area contributed by atoms with Crippen molar-refractivity contribution in [1.82, 2.24) is 4.98 Å². The molecule has 0 saturated heterocycles.